The third kappa shape index (κ3) is 3.36. The van der Waals surface area contributed by atoms with Gasteiger partial charge in [-0.15, -0.1) is 0 Å². The second-order valence-electron chi connectivity index (χ2n) is 6.11. The summed E-state index contributed by atoms with van der Waals surface area (Å²) in [6.07, 6.45) is 4.06. The number of nitrogens with zero attached hydrogens (tertiary/aromatic N) is 3. The lowest BCUT2D eigenvalue weighted by atomic mass is 9.99. The summed E-state index contributed by atoms with van der Waals surface area (Å²) < 4.78 is 0. The molecular weight excluding hydrogens is 264 g/mol. The molecule has 3 rings (SSSR count). The van der Waals surface area contributed by atoms with Gasteiger partial charge in [-0.1, -0.05) is 29.8 Å². The molecule has 0 amide bonds. The third-order valence-corrected chi connectivity index (χ3v) is 4.66. The molecule has 5 heteroatoms. The van der Waals surface area contributed by atoms with E-state index in [0.717, 1.165) is 31.2 Å². The van der Waals surface area contributed by atoms with Crippen LogP contribution in [0.3, 0.4) is 0 Å². The fourth-order valence-corrected chi connectivity index (χ4v) is 3.51. The Morgan fingerprint density at radius 2 is 2.19 bits per heavy atom. The molecule has 0 bridgehead atoms. The van der Waals surface area contributed by atoms with Crippen molar-refractivity contribution in [1.29, 1.82) is 0 Å². The number of fused-ring (bicyclic) bond motifs is 1. The fraction of sp³-hybridized carbons (Fsp3) is 0.562. The molecular formula is C16H24N4O. The van der Waals surface area contributed by atoms with Crippen molar-refractivity contribution in [3.8, 4) is 0 Å². The Morgan fingerprint density at radius 1 is 1.29 bits per heavy atom. The van der Waals surface area contributed by atoms with Gasteiger partial charge in [0.1, 0.15) is 0 Å². The average molecular weight is 288 g/mol. The lowest BCUT2D eigenvalue weighted by Gasteiger charge is -2.44. The van der Waals surface area contributed by atoms with Crippen LogP contribution in [0.1, 0.15) is 30.4 Å². The normalized spacial score (nSPS) is 24.8. The Bertz CT molecular complexity index is 517. The summed E-state index contributed by atoms with van der Waals surface area (Å²) in [6, 6.07) is 8.71. The maximum Gasteiger partial charge on any atom is 0.170 e. The van der Waals surface area contributed by atoms with Crippen LogP contribution in [0.2, 0.25) is 0 Å². The zero-order chi connectivity index (χ0) is 14.7. The van der Waals surface area contributed by atoms with Gasteiger partial charge in [0.05, 0.1) is 0 Å². The molecule has 21 heavy (non-hydrogen) atoms. The first-order valence-electron chi connectivity index (χ1n) is 7.79. The minimum Gasteiger partial charge on any atom is -0.409 e. The molecule has 3 N–H and O–H groups in total. The highest BCUT2D eigenvalue weighted by atomic mass is 16.4. The minimum atomic E-state index is 0.175. The van der Waals surface area contributed by atoms with Crippen LogP contribution in [-0.4, -0.2) is 53.1 Å². The molecule has 2 heterocycles. The number of hydrogen-bond donors (Lipinski definition) is 2. The molecule has 0 aliphatic carbocycles. The Kier molecular flexibility index (Phi) is 4.41. The first-order chi connectivity index (χ1) is 10.3. The first-order valence-corrected chi connectivity index (χ1v) is 7.79. The standard InChI is InChI=1S/C16H24N4O/c17-16(18-21)14-5-3-4-13(10-14)11-19-8-9-20-7-2-1-6-15(20)12-19/h3-5,10,15,21H,1-2,6-9,11-12H2,(H2,17,18). The van der Waals surface area contributed by atoms with E-state index in [0.29, 0.717) is 0 Å². The molecule has 5 nitrogen and oxygen atoms in total. The van der Waals surface area contributed by atoms with E-state index in [1.807, 2.05) is 18.2 Å². The number of amidine groups is 1. The van der Waals surface area contributed by atoms with Crippen molar-refractivity contribution in [2.45, 2.75) is 31.8 Å². The number of piperazine rings is 1. The molecule has 1 unspecified atom stereocenters. The molecule has 0 saturated carbocycles. The molecule has 0 radical (unpaired) electrons. The van der Waals surface area contributed by atoms with Gasteiger partial charge in [-0.05, 0) is 31.0 Å². The summed E-state index contributed by atoms with van der Waals surface area (Å²) >= 11 is 0. The van der Waals surface area contributed by atoms with Gasteiger partial charge < -0.3 is 10.9 Å². The van der Waals surface area contributed by atoms with E-state index in [1.165, 1.54) is 37.9 Å². The van der Waals surface area contributed by atoms with Crippen LogP contribution in [0, 0.1) is 0 Å². The van der Waals surface area contributed by atoms with E-state index in [-0.39, 0.29) is 5.84 Å². The summed E-state index contributed by atoms with van der Waals surface area (Å²) in [5, 5.41) is 11.9. The SMILES string of the molecule is N/C(=N/O)c1cccc(CN2CCN3CCCCC3C2)c1. The zero-order valence-corrected chi connectivity index (χ0v) is 12.4. The van der Waals surface area contributed by atoms with E-state index < -0.39 is 0 Å². The van der Waals surface area contributed by atoms with Crippen molar-refractivity contribution in [2.75, 3.05) is 26.2 Å². The lowest BCUT2D eigenvalue weighted by molar-refractivity contribution is 0.0457. The van der Waals surface area contributed by atoms with Gasteiger partial charge in [0.2, 0.25) is 0 Å². The Labute approximate surface area is 126 Å². The predicted octanol–water partition coefficient (Wildman–Crippen LogP) is 1.45. The van der Waals surface area contributed by atoms with E-state index in [1.54, 1.807) is 0 Å². The molecule has 114 valence electrons. The minimum absolute atomic E-state index is 0.175. The number of benzene rings is 1. The van der Waals surface area contributed by atoms with Crippen molar-refractivity contribution in [3.63, 3.8) is 0 Å². The first kappa shape index (κ1) is 14.4. The molecule has 2 aliphatic heterocycles. The summed E-state index contributed by atoms with van der Waals surface area (Å²) in [7, 11) is 0. The number of nitrogens with two attached hydrogens (primary N) is 1. The summed E-state index contributed by atoms with van der Waals surface area (Å²) in [6.45, 7) is 5.69. The van der Waals surface area contributed by atoms with Gasteiger partial charge in [-0.3, -0.25) is 9.80 Å². The Morgan fingerprint density at radius 3 is 3.05 bits per heavy atom. The van der Waals surface area contributed by atoms with Crippen LogP contribution >= 0.6 is 0 Å². The molecule has 2 fully saturated rings. The zero-order valence-electron chi connectivity index (χ0n) is 12.4. The van der Waals surface area contributed by atoms with Crippen LogP contribution < -0.4 is 5.73 Å². The number of oxime groups is 1. The second-order valence-corrected chi connectivity index (χ2v) is 6.11. The molecule has 0 aromatic heterocycles. The van der Waals surface area contributed by atoms with Crippen LogP contribution in [0.4, 0.5) is 0 Å². The monoisotopic (exact) mass is 288 g/mol. The largest absolute Gasteiger partial charge is 0.409 e. The van der Waals surface area contributed by atoms with Gasteiger partial charge >= 0.3 is 0 Å². The molecule has 1 atom stereocenters. The fourth-order valence-electron chi connectivity index (χ4n) is 3.51. The highest BCUT2D eigenvalue weighted by Gasteiger charge is 2.28. The van der Waals surface area contributed by atoms with E-state index in [9.17, 15) is 0 Å². The molecule has 2 saturated heterocycles. The Balaban J connectivity index is 1.64. The van der Waals surface area contributed by atoms with Crippen molar-refractivity contribution >= 4 is 5.84 Å². The van der Waals surface area contributed by atoms with Crippen LogP contribution in [0.5, 0.6) is 0 Å². The topological polar surface area (TPSA) is 65.1 Å². The highest BCUT2D eigenvalue weighted by molar-refractivity contribution is 5.97. The number of piperidine rings is 1. The van der Waals surface area contributed by atoms with Crippen LogP contribution in [0.25, 0.3) is 0 Å². The third-order valence-electron chi connectivity index (χ3n) is 4.66. The van der Waals surface area contributed by atoms with Gasteiger partial charge in [-0.25, -0.2) is 0 Å². The van der Waals surface area contributed by atoms with Gasteiger partial charge in [0.25, 0.3) is 0 Å². The summed E-state index contributed by atoms with van der Waals surface area (Å²) in [5.74, 6) is 0.175. The lowest BCUT2D eigenvalue weighted by Crippen LogP contribution is -2.54. The highest BCUT2D eigenvalue weighted by Crippen LogP contribution is 2.22. The van der Waals surface area contributed by atoms with Gasteiger partial charge in [-0.2, -0.15) is 0 Å². The number of hydrogen-bond acceptors (Lipinski definition) is 4. The van der Waals surface area contributed by atoms with Gasteiger partial charge in [0, 0.05) is 37.8 Å². The number of rotatable bonds is 3. The molecule has 1 aromatic rings. The average Bonchev–Trinajstić information content (AvgIpc) is 2.54. The van der Waals surface area contributed by atoms with Crippen molar-refractivity contribution < 1.29 is 5.21 Å². The summed E-state index contributed by atoms with van der Waals surface area (Å²) in [4.78, 5) is 5.17. The van der Waals surface area contributed by atoms with E-state index in [4.69, 9.17) is 10.9 Å². The predicted molar refractivity (Wildman–Crippen MR) is 83.4 cm³/mol. The van der Waals surface area contributed by atoms with E-state index >= 15 is 0 Å². The van der Waals surface area contributed by atoms with Crippen LogP contribution in [-0.2, 0) is 6.54 Å². The maximum absolute atomic E-state index is 8.78. The van der Waals surface area contributed by atoms with E-state index in [2.05, 4.69) is 21.0 Å². The Hall–Kier alpha value is -1.59. The van der Waals surface area contributed by atoms with Gasteiger partial charge in [0.15, 0.2) is 5.84 Å². The second kappa shape index (κ2) is 6.45. The maximum atomic E-state index is 8.78. The van der Waals surface area contributed by atoms with Crippen LogP contribution in [0.15, 0.2) is 29.4 Å². The molecule has 0 spiro atoms. The summed E-state index contributed by atoms with van der Waals surface area (Å²) in [5.41, 5.74) is 7.67. The van der Waals surface area contributed by atoms with Crippen molar-refractivity contribution in [1.82, 2.24) is 9.80 Å². The van der Waals surface area contributed by atoms with Crippen molar-refractivity contribution in [3.05, 3.63) is 35.4 Å². The molecule has 2 aliphatic rings. The smallest absolute Gasteiger partial charge is 0.170 e. The van der Waals surface area contributed by atoms with Crippen molar-refractivity contribution in [2.24, 2.45) is 10.9 Å². The quantitative estimate of drug-likeness (QED) is 0.382. The molecule has 1 aromatic carbocycles.